The fraction of sp³-hybridized carbons (Fsp3) is 0.300. The van der Waals surface area contributed by atoms with Gasteiger partial charge in [0.1, 0.15) is 5.41 Å². The summed E-state index contributed by atoms with van der Waals surface area (Å²) in [7, 11) is 0. The monoisotopic (exact) mass is 223 g/mol. The number of aliphatic carboxylic acids is 1. The maximum absolute atomic E-state index is 11.1. The largest absolute Gasteiger partial charge is 0.480 e. The van der Waals surface area contributed by atoms with E-state index in [1.807, 2.05) is 0 Å². The topological polar surface area (TPSA) is 89.7 Å². The third-order valence-electron chi connectivity index (χ3n) is 2.72. The molecule has 1 aliphatic heterocycles. The Balaban J connectivity index is 2.43. The molecule has 0 atom stereocenters. The molecule has 1 aromatic rings. The molecule has 1 fully saturated rings. The van der Waals surface area contributed by atoms with Crippen LogP contribution in [0, 0.1) is 10.1 Å². The summed E-state index contributed by atoms with van der Waals surface area (Å²) in [6.45, 7) is 0.118. The van der Waals surface area contributed by atoms with Gasteiger partial charge in [-0.3, -0.25) is 14.9 Å². The second-order valence-corrected chi connectivity index (χ2v) is 3.69. The van der Waals surface area contributed by atoms with Crippen LogP contribution in [0.15, 0.2) is 24.3 Å². The van der Waals surface area contributed by atoms with E-state index in [4.69, 9.17) is 9.84 Å². The number of rotatable bonds is 3. The molecule has 6 nitrogen and oxygen atoms in total. The summed E-state index contributed by atoms with van der Waals surface area (Å²) in [5.41, 5.74) is -0.808. The lowest BCUT2D eigenvalue weighted by Gasteiger charge is -2.37. The highest BCUT2D eigenvalue weighted by atomic mass is 16.6. The van der Waals surface area contributed by atoms with E-state index in [1.165, 1.54) is 18.2 Å². The van der Waals surface area contributed by atoms with Gasteiger partial charge in [-0.25, -0.2) is 0 Å². The number of ether oxygens (including phenoxy) is 1. The molecule has 6 heteroatoms. The Kier molecular flexibility index (Phi) is 2.35. The van der Waals surface area contributed by atoms with Gasteiger partial charge in [0, 0.05) is 12.1 Å². The predicted octanol–water partition coefficient (Wildman–Crippen LogP) is 0.947. The predicted molar refractivity (Wildman–Crippen MR) is 53.2 cm³/mol. The summed E-state index contributed by atoms with van der Waals surface area (Å²) >= 11 is 0. The minimum Gasteiger partial charge on any atom is -0.480 e. The van der Waals surface area contributed by atoms with Gasteiger partial charge in [-0.2, -0.15) is 0 Å². The molecular formula is C10H9NO5. The molecule has 0 bridgehead atoms. The van der Waals surface area contributed by atoms with Gasteiger partial charge in [-0.1, -0.05) is 12.1 Å². The van der Waals surface area contributed by atoms with Crippen LogP contribution in [0.25, 0.3) is 0 Å². The number of carboxylic acids is 1. The summed E-state index contributed by atoms with van der Waals surface area (Å²) in [5, 5.41) is 19.7. The van der Waals surface area contributed by atoms with Gasteiger partial charge in [0.2, 0.25) is 0 Å². The Morgan fingerprint density at radius 3 is 2.62 bits per heavy atom. The molecule has 16 heavy (non-hydrogen) atoms. The molecule has 0 aromatic heterocycles. The van der Waals surface area contributed by atoms with Crippen LogP contribution in [0.3, 0.4) is 0 Å². The van der Waals surface area contributed by atoms with Crippen LogP contribution in [0.1, 0.15) is 5.56 Å². The summed E-state index contributed by atoms with van der Waals surface area (Å²) in [5.74, 6) is -1.01. The number of hydrogen-bond acceptors (Lipinski definition) is 4. The van der Waals surface area contributed by atoms with E-state index in [2.05, 4.69) is 0 Å². The number of nitrogens with zero attached hydrogens (tertiary/aromatic N) is 1. The van der Waals surface area contributed by atoms with Crippen molar-refractivity contribution in [3.63, 3.8) is 0 Å². The third kappa shape index (κ3) is 1.43. The van der Waals surface area contributed by atoms with E-state index >= 15 is 0 Å². The van der Waals surface area contributed by atoms with Crippen molar-refractivity contribution in [1.29, 1.82) is 0 Å². The number of nitro benzene ring substituents is 1. The maximum atomic E-state index is 11.1. The molecule has 0 amide bonds. The standard InChI is InChI=1S/C10H9NO5/c12-9(13)10(5-16-6-10)7-2-1-3-8(4-7)11(14)15/h1-4H,5-6H2,(H,12,13). The average Bonchev–Trinajstić information content (AvgIpc) is 2.15. The molecule has 0 aliphatic carbocycles. The van der Waals surface area contributed by atoms with Crippen LogP contribution in [-0.2, 0) is 14.9 Å². The zero-order chi connectivity index (χ0) is 11.8. The quantitative estimate of drug-likeness (QED) is 0.608. The zero-order valence-electron chi connectivity index (χ0n) is 8.25. The first-order valence-corrected chi connectivity index (χ1v) is 4.62. The minimum atomic E-state index is -1.12. The van der Waals surface area contributed by atoms with Gasteiger partial charge < -0.3 is 9.84 Å². The van der Waals surface area contributed by atoms with Crippen LogP contribution in [0.5, 0.6) is 0 Å². The normalized spacial score (nSPS) is 17.5. The van der Waals surface area contributed by atoms with Gasteiger partial charge in [-0.05, 0) is 5.56 Å². The molecule has 0 unspecified atom stereocenters. The Morgan fingerprint density at radius 2 is 2.19 bits per heavy atom. The number of non-ortho nitro benzene ring substituents is 1. The molecule has 1 N–H and O–H groups in total. The van der Waals surface area contributed by atoms with Crippen molar-refractivity contribution in [3.8, 4) is 0 Å². The lowest BCUT2D eigenvalue weighted by atomic mass is 9.78. The van der Waals surface area contributed by atoms with Crippen molar-refractivity contribution in [2.45, 2.75) is 5.41 Å². The second kappa shape index (κ2) is 3.57. The molecule has 0 radical (unpaired) electrons. The maximum Gasteiger partial charge on any atom is 0.318 e. The minimum absolute atomic E-state index is 0.0590. The molecule has 1 saturated heterocycles. The lowest BCUT2D eigenvalue weighted by molar-refractivity contribution is -0.385. The number of carbonyl (C=O) groups is 1. The summed E-state index contributed by atoms with van der Waals surface area (Å²) in [4.78, 5) is 21.2. The smallest absolute Gasteiger partial charge is 0.318 e. The average molecular weight is 223 g/mol. The van der Waals surface area contributed by atoms with Crippen molar-refractivity contribution in [2.24, 2.45) is 0 Å². The highest BCUT2D eigenvalue weighted by Gasteiger charge is 2.48. The van der Waals surface area contributed by atoms with E-state index < -0.39 is 16.3 Å². The lowest BCUT2D eigenvalue weighted by Crippen LogP contribution is -2.53. The second-order valence-electron chi connectivity index (χ2n) is 3.69. The van der Waals surface area contributed by atoms with Crippen molar-refractivity contribution in [3.05, 3.63) is 39.9 Å². The van der Waals surface area contributed by atoms with Gasteiger partial charge in [0.25, 0.3) is 5.69 Å². The van der Waals surface area contributed by atoms with E-state index in [0.717, 1.165) is 0 Å². The molecule has 0 spiro atoms. The van der Waals surface area contributed by atoms with E-state index in [-0.39, 0.29) is 18.9 Å². The molecule has 84 valence electrons. The summed E-state index contributed by atoms with van der Waals surface area (Å²) < 4.78 is 4.90. The Labute approximate surface area is 90.6 Å². The van der Waals surface area contributed by atoms with Crippen LogP contribution >= 0.6 is 0 Å². The van der Waals surface area contributed by atoms with Crippen LogP contribution in [0.2, 0.25) is 0 Å². The number of benzene rings is 1. The van der Waals surface area contributed by atoms with Crippen molar-refractivity contribution >= 4 is 11.7 Å². The van der Waals surface area contributed by atoms with Gasteiger partial charge in [-0.15, -0.1) is 0 Å². The zero-order valence-corrected chi connectivity index (χ0v) is 8.25. The highest BCUT2D eigenvalue weighted by molar-refractivity contribution is 5.83. The fourth-order valence-corrected chi connectivity index (χ4v) is 1.64. The SMILES string of the molecule is O=C(O)C1(c2cccc([N+](=O)[O-])c2)COC1. The molecule has 1 aromatic carbocycles. The van der Waals surface area contributed by atoms with Crippen molar-refractivity contribution in [1.82, 2.24) is 0 Å². The first kappa shape index (κ1) is 10.6. The van der Waals surface area contributed by atoms with Crippen LogP contribution in [-0.4, -0.2) is 29.2 Å². The van der Waals surface area contributed by atoms with Gasteiger partial charge in [0.15, 0.2) is 0 Å². The van der Waals surface area contributed by atoms with Crippen LogP contribution in [0.4, 0.5) is 5.69 Å². The first-order valence-electron chi connectivity index (χ1n) is 4.62. The van der Waals surface area contributed by atoms with Gasteiger partial charge in [0.05, 0.1) is 18.1 Å². The van der Waals surface area contributed by atoms with E-state index in [0.29, 0.717) is 5.56 Å². The Bertz CT molecular complexity index is 452. The van der Waals surface area contributed by atoms with E-state index in [9.17, 15) is 14.9 Å². The molecule has 1 heterocycles. The van der Waals surface area contributed by atoms with Crippen LogP contribution < -0.4 is 0 Å². The molecule has 0 saturated carbocycles. The molecule has 2 rings (SSSR count). The van der Waals surface area contributed by atoms with E-state index in [1.54, 1.807) is 6.07 Å². The highest BCUT2D eigenvalue weighted by Crippen LogP contribution is 2.34. The van der Waals surface area contributed by atoms with Crippen molar-refractivity contribution < 1.29 is 19.6 Å². The Hall–Kier alpha value is -1.95. The molecule has 1 aliphatic rings. The van der Waals surface area contributed by atoms with Gasteiger partial charge >= 0.3 is 5.97 Å². The molecular weight excluding hydrogens is 214 g/mol. The number of carboxylic acid groups (broad SMARTS) is 1. The number of hydrogen-bond donors (Lipinski definition) is 1. The number of nitro groups is 1. The Morgan fingerprint density at radius 1 is 1.50 bits per heavy atom. The fourth-order valence-electron chi connectivity index (χ4n) is 1.64. The summed E-state index contributed by atoms with van der Waals surface area (Å²) in [6, 6.07) is 5.68. The first-order chi connectivity index (χ1) is 7.56. The summed E-state index contributed by atoms with van der Waals surface area (Å²) in [6.07, 6.45) is 0. The third-order valence-corrected chi connectivity index (χ3v) is 2.72. The van der Waals surface area contributed by atoms with Crippen molar-refractivity contribution in [2.75, 3.05) is 13.2 Å².